The molecule has 2 aromatic rings. The fourth-order valence-electron chi connectivity index (χ4n) is 3.73. The van der Waals surface area contributed by atoms with Crippen LogP contribution in [0.25, 0.3) is 0 Å². The third-order valence-corrected chi connectivity index (χ3v) is 7.50. The molecule has 2 aliphatic rings. The third-order valence-electron chi connectivity index (χ3n) is 5.37. The van der Waals surface area contributed by atoms with Crippen LogP contribution in [0, 0.1) is 11.7 Å². The summed E-state index contributed by atoms with van der Waals surface area (Å²) >= 11 is 6.03. The Bertz CT molecular complexity index is 1010. The second kappa shape index (κ2) is 7.46. The predicted molar refractivity (Wildman–Crippen MR) is 104 cm³/mol. The van der Waals surface area contributed by atoms with Gasteiger partial charge >= 0.3 is 0 Å². The maximum absolute atomic E-state index is 13.4. The number of piperazine rings is 1. The minimum Gasteiger partial charge on any atom is -0.340 e. The largest absolute Gasteiger partial charge is 0.340 e. The van der Waals surface area contributed by atoms with E-state index in [1.54, 1.807) is 4.90 Å². The number of halogens is 2. The number of hydrogen-bond acceptors (Lipinski definition) is 3. The van der Waals surface area contributed by atoms with Gasteiger partial charge in [0.25, 0.3) is 0 Å². The number of hydrogen-bond donors (Lipinski definition) is 0. The fraction of sp³-hybridized carbons (Fsp3) is 0.350. The quantitative estimate of drug-likeness (QED) is 0.760. The van der Waals surface area contributed by atoms with Crippen LogP contribution in [0.1, 0.15) is 17.9 Å². The summed E-state index contributed by atoms with van der Waals surface area (Å²) in [6.07, 6.45) is 0.793. The predicted octanol–water partition coefficient (Wildman–Crippen LogP) is 3.12. The molecule has 2 aromatic carbocycles. The Labute approximate surface area is 168 Å². The minimum absolute atomic E-state index is 0.0597. The summed E-state index contributed by atoms with van der Waals surface area (Å²) in [6.45, 7) is 1.09. The molecule has 1 amide bonds. The molecular weight excluding hydrogens is 403 g/mol. The van der Waals surface area contributed by atoms with Gasteiger partial charge in [-0.1, -0.05) is 29.8 Å². The second-order valence-electron chi connectivity index (χ2n) is 7.19. The lowest BCUT2D eigenvalue weighted by molar-refractivity contribution is -0.133. The van der Waals surface area contributed by atoms with Crippen molar-refractivity contribution >= 4 is 27.5 Å². The number of carbonyl (C=O) groups is 1. The Morgan fingerprint density at radius 2 is 1.75 bits per heavy atom. The van der Waals surface area contributed by atoms with E-state index in [1.807, 2.05) is 24.3 Å². The lowest BCUT2D eigenvalue weighted by Crippen LogP contribution is -2.51. The molecule has 1 aliphatic heterocycles. The lowest BCUT2D eigenvalue weighted by atomic mass is 10.1. The van der Waals surface area contributed by atoms with E-state index >= 15 is 0 Å². The molecule has 1 aliphatic carbocycles. The molecule has 28 heavy (non-hydrogen) atoms. The van der Waals surface area contributed by atoms with Crippen molar-refractivity contribution in [2.24, 2.45) is 5.92 Å². The van der Waals surface area contributed by atoms with Gasteiger partial charge in [0.2, 0.25) is 15.9 Å². The van der Waals surface area contributed by atoms with Gasteiger partial charge < -0.3 is 4.90 Å². The molecule has 0 spiro atoms. The van der Waals surface area contributed by atoms with Gasteiger partial charge in [0.1, 0.15) is 5.82 Å². The van der Waals surface area contributed by atoms with Crippen LogP contribution >= 0.6 is 11.6 Å². The number of rotatable bonds is 4. The smallest absolute Gasteiger partial charge is 0.243 e. The molecule has 0 radical (unpaired) electrons. The summed E-state index contributed by atoms with van der Waals surface area (Å²) in [7, 11) is -3.76. The molecule has 2 fully saturated rings. The second-order valence-corrected chi connectivity index (χ2v) is 9.56. The van der Waals surface area contributed by atoms with Crippen molar-refractivity contribution in [2.45, 2.75) is 17.2 Å². The first kappa shape index (κ1) is 19.4. The van der Waals surface area contributed by atoms with Crippen LogP contribution in [0.15, 0.2) is 53.4 Å². The van der Waals surface area contributed by atoms with E-state index in [4.69, 9.17) is 11.6 Å². The highest BCUT2D eigenvalue weighted by Gasteiger charge is 2.46. The highest BCUT2D eigenvalue weighted by Crippen LogP contribution is 2.49. The van der Waals surface area contributed by atoms with Gasteiger partial charge in [0.15, 0.2) is 0 Å². The molecule has 2 atom stereocenters. The molecule has 2 unspecified atom stereocenters. The average Bonchev–Trinajstić information content (AvgIpc) is 3.48. The van der Waals surface area contributed by atoms with Gasteiger partial charge in [-0.2, -0.15) is 4.31 Å². The van der Waals surface area contributed by atoms with Crippen LogP contribution in [0.3, 0.4) is 0 Å². The van der Waals surface area contributed by atoms with Crippen molar-refractivity contribution in [3.63, 3.8) is 0 Å². The average molecular weight is 423 g/mol. The Morgan fingerprint density at radius 3 is 2.43 bits per heavy atom. The standard InChI is InChI=1S/C20H20ClFN2O3S/c21-15-4-1-3-14(11-15)18-13-19(18)20(25)23-7-9-24(10-8-23)28(26,27)17-6-2-5-16(22)12-17/h1-6,11-12,18-19H,7-10,13H2. The molecule has 1 saturated heterocycles. The molecule has 0 bridgehead atoms. The summed E-state index contributed by atoms with van der Waals surface area (Å²) in [5.74, 6) is -0.409. The third kappa shape index (κ3) is 3.79. The summed E-state index contributed by atoms with van der Waals surface area (Å²) in [6, 6.07) is 12.6. The Hall–Kier alpha value is -1.96. The minimum atomic E-state index is -3.76. The molecule has 5 nitrogen and oxygen atoms in total. The highest BCUT2D eigenvalue weighted by atomic mass is 35.5. The van der Waals surface area contributed by atoms with E-state index in [9.17, 15) is 17.6 Å². The van der Waals surface area contributed by atoms with Gasteiger partial charge in [-0.05, 0) is 48.2 Å². The van der Waals surface area contributed by atoms with Crippen LogP contribution in [-0.2, 0) is 14.8 Å². The van der Waals surface area contributed by atoms with Gasteiger partial charge in [-0.15, -0.1) is 0 Å². The van der Waals surface area contributed by atoms with Gasteiger partial charge in [0.05, 0.1) is 4.90 Å². The first-order valence-electron chi connectivity index (χ1n) is 9.16. The zero-order valence-corrected chi connectivity index (χ0v) is 16.7. The van der Waals surface area contributed by atoms with E-state index in [-0.39, 0.29) is 35.7 Å². The number of carbonyl (C=O) groups excluding carboxylic acids is 1. The number of amides is 1. The summed E-state index contributed by atoms with van der Waals surface area (Å²) in [5.41, 5.74) is 1.07. The fourth-order valence-corrected chi connectivity index (χ4v) is 5.39. The SMILES string of the molecule is O=C(C1CC1c1cccc(Cl)c1)N1CCN(S(=O)(=O)c2cccc(F)c2)CC1. The lowest BCUT2D eigenvalue weighted by Gasteiger charge is -2.34. The van der Waals surface area contributed by atoms with Crippen LogP contribution in [-0.4, -0.2) is 49.7 Å². The van der Waals surface area contributed by atoms with Crippen molar-refractivity contribution in [3.8, 4) is 0 Å². The molecule has 0 aromatic heterocycles. The maximum Gasteiger partial charge on any atom is 0.243 e. The molecule has 8 heteroatoms. The summed E-state index contributed by atoms with van der Waals surface area (Å²) in [4.78, 5) is 14.4. The Kier molecular flexibility index (Phi) is 5.16. The van der Waals surface area contributed by atoms with E-state index in [1.165, 1.54) is 22.5 Å². The number of nitrogens with zero attached hydrogens (tertiary/aromatic N) is 2. The normalized spacial score (nSPS) is 22.9. The zero-order valence-electron chi connectivity index (χ0n) is 15.1. The Morgan fingerprint density at radius 1 is 1.04 bits per heavy atom. The summed E-state index contributed by atoms with van der Waals surface area (Å²) in [5, 5.41) is 0.659. The molecule has 0 N–H and O–H groups in total. The molecular formula is C20H20ClFN2O3S. The van der Waals surface area contributed by atoms with Gasteiger partial charge in [0, 0.05) is 37.1 Å². The van der Waals surface area contributed by atoms with E-state index in [0.717, 1.165) is 18.1 Å². The summed E-state index contributed by atoms with van der Waals surface area (Å²) < 4.78 is 40.0. The van der Waals surface area contributed by atoms with Crippen molar-refractivity contribution < 1.29 is 17.6 Å². The van der Waals surface area contributed by atoms with E-state index in [2.05, 4.69) is 0 Å². The van der Waals surface area contributed by atoms with E-state index in [0.29, 0.717) is 18.1 Å². The topological polar surface area (TPSA) is 57.7 Å². The van der Waals surface area contributed by atoms with Crippen molar-refractivity contribution in [2.75, 3.05) is 26.2 Å². The van der Waals surface area contributed by atoms with Gasteiger partial charge in [-0.25, -0.2) is 12.8 Å². The van der Waals surface area contributed by atoms with Crippen LogP contribution in [0.4, 0.5) is 4.39 Å². The highest BCUT2D eigenvalue weighted by molar-refractivity contribution is 7.89. The van der Waals surface area contributed by atoms with Crippen molar-refractivity contribution in [1.82, 2.24) is 9.21 Å². The molecule has 148 valence electrons. The van der Waals surface area contributed by atoms with Gasteiger partial charge in [-0.3, -0.25) is 4.79 Å². The van der Waals surface area contributed by atoms with E-state index < -0.39 is 15.8 Å². The molecule has 1 heterocycles. The van der Waals surface area contributed by atoms with Crippen molar-refractivity contribution in [3.05, 3.63) is 64.9 Å². The van der Waals surface area contributed by atoms with Crippen LogP contribution < -0.4 is 0 Å². The molecule has 1 saturated carbocycles. The van der Waals surface area contributed by atoms with Crippen LogP contribution in [0.5, 0.6) is 0 Å². The number of sulfonamides is 1. The monoisotopic (exact) mass is 422 g/mol. The Balaban J connectivity index is 1.37. The first-order valence-corrected chi connectivity index (χ1v) is 11.0. The zero-order chi connectivity index (χ0) is 19.9. The molecule has 4 rings (SSSR count). The van der Waals surface area contributed by atoms with Crippen molar-refractivity contribution in [1.29, 1.82) is 0 Å². The number of benzene rings is 2. The van der Waals surface area contributed by atoms with Crippen LogP contribution in [0.2, 0.25) is 5.02 Å². The maximum atomic E-state index is 13.4. The first-order chi connectivity index (χ1) is 13.4.